The highest BCUT2D eigenvalue weighted by molar-refractivity contribution is 6.01. The first-order chi connectivity index (χ1) is 10.1. The fourth-order valence-electron chi connectivity index (χ4n) is 3.42. The van der Waals surface area contributed by atoms with Crippen molar-refractivity contribution in [2.24, 2.45) is 11.3 Å². The number of hydrogen-bond donors (Lipinski definition) is 1. The van der Waals surface area contributed by atoms with Crippen LogP contribution in [0.5, 0.6) is 5.75 Å². The Balaban J connectivity index is 1.94. The van der Waals surface area contributed by atoms with E-state index in [0.29, 0.717) is 5.56 Å². The van der Waals surface area contributed by atoms with Crippen molar-refractivity contribution in [1.29, 1.82) is 0 Å². The molecule has 108 valence electrons. The van der Waals surface area contributed by atoms with Gasteiger partial charge in [-0.3, -0.25) is 4.79 Å². The van der Waals surface area contributed by atoms with Crippen molar-refractivity contribution >= 4 is 5.78 Å². The minimum absolute atomic E-state index is 0.0152. The van der Waals surface area contributed by atoms with Crippen molar-refractivity contribution in [3.8, 4) is 5.75 Å². The molecule has 21 heavy (non-hydrogen) atoms. The Hall–Kier alpha value is -2.29. The molecule has 3 atom stereocenters. The number of para-hydroxylation sites is 1. The zero-order valence-electron chi connectivity index (χ0n) is 12.0. The second-order valence-corrected chi connectivity index (χ2v) is 5.94. The third-order valence-electron chi connectivity index (χ3n) is 4.65. The maximum Gasteiger partial charge on any atom is 0.170 e. The van der Waals surface area contributed by atoms with Crippen molar-refractivity contribution in [3.63, 3.8) is 0 Å². The summed E-state index contributed by atoms with van der Waals surface area (Å²) >= 11 is 0. The van der Waals surface area contributed by atoms with Crippen LogP contribution < -0.4 is 0 Å². The molecule has 0 saturated heterocycles. The third kappa shape index (κ3) is 2.09. The summed E-state index contributed by atoms with van der Waals surface area (Å²) in [6.07, 6.45) is 5.97. The Kier molecular flexibility index (Phi) is 3.20. The van der Waals surface area contributed by atoms with Crippen LogP contribution in [0.25, 0.3) is 0 Å². The number of carbonyl (C=O) groups is 1. The molecule has 1 aromatic carbocycles. The molecule has 1 heterocycles. The maximum atomic E-state index is 12.7. The average molecular weight is 282 g/mol. The summed E-state index contributed by atoms with van der Waals surface area (Å²) in [5.74, 6) is -0.0842. The van der Waals surface area contributed by atoms with Crippen LogP contribution in [0.2, 0.25) is 0 Å². The van der Waals surface area contributed by atoms with E-state index in [2.05, 4.69) is 13.5 Å². The molecule has 1 aliphatic rings. The lowest BCUT2D eigenvalue weighted by atomic mass is 9.51. The predicted molar refractivity (Wildman–Crippen MR) is 80.3 cm³/mol. The van der Waals surface area contributed by atoms with Crippen LogP contribution in [0.3, 0.4) is 0 Å². The molecule has 1 saturated carbocycles. The fourth-order valence-corrected chi connectivity index (χ4v) is 3.42. The summed E-state index contributed by atoms with van der Waals surface area (Å²) in [6, 6.07) is 8.61. The van der Waals surface area contributed by atoms with Gasteiger partial charge in [-0.1, -0.05) is 25.1 Å². The molecular weight excluding hydrogens is 264 g/mol. The number of furan rings is 1. The highest BCUT2D eigenvalue weighted by Gasteiger charge is 2.53. The Morgan fingerprint density at radius 2 is 2.19 bits per heavy atom. The minimum Gasteiger partial charge on any atom is -0.507 e. The Labute approximate surface area is 123 Å². The lowest BCUT2D eigenvalue weighted by molar-refractivity contribution is 0.0523. The molecule has 0 amide bonds. The molecule has 1 fully saturated rings. The first-order valence-corrected chi connectivity index (χ1v) is 7.05. The average Bonchev–Trinajstić information content (AvgIpc) is 2.97. The van der Waals surface area contributed by atoms with Crippen LogP contribution in [0.15, 0.2) is 59.9 Å². The predicted octanol–water partition coefficient (Wildman–Crippen LogP) is 4.16. The van der Waals surface area contributed by atoms with Gasteiger partial charge in [0.15, 0.2) is 5.78 Å². The highest BCUT2D eigenvalue weighted by atomic mass is 16.3. The number of aromatic hydroxyl groups is 1. The van der Waals surface area contributed by atoms with Gasteiger partial charge in [-0.15, -0.1) is 6.58 Å². The number of rotatable bonds is 4. The second-order valence-electron chi connectivity index (χ2n) is 5.94. The van der Waals surface area contributed by atoms with E-state index in [1.165, 1.54) is 0 Å². The monoisotopic (exact) mass is 282 g/mol. The number of phenolic OH excluding ortho intramolecular Hbond substituents is 1. The van der Waals surface area contributed by atoms with Crippen LogP contribution in [0.1, 0.15) is 35.2 Å². The summed E-state index contributed by atoms with van der Waals surface area (Å²) in [5.41, 5.74) is 1.29. The fraction of sp³-hybridized carbons (Fsp3) is 0.278. The van der Waals surface area contributed by atoms with Gasteiger partial charge >= 0.3 is 0 Å². The SMILES string of the molecule is C=C[C@@]1(C)C[C@@H](C(=O)c2ccccc2O)C1c1ccoc1. The lowest BCUT2D eigenvalue weighted by Gasteiger charge is -2.51. The largest absolute Gasteiger partial charge is 0.507 e. The maximum absolute atomic E-state index is 12.7. The molecule has 0 spiro atoms. The summed E-state index contributed by atoms with van der Waals surface area (Å²) in [5, 5.41) is 9.89. The van der Waals surface area contributed by atoms with Gasteiger partial charge < -0.3 is 9.52 Å². The molecule has 0 radical (unpaired) electrons. The van der Waals surface area contributed by atoms with E-state index in [1.54, 1.807) is 36.8 Å². The molecule has 1 aromatic heterocycles. The van der Waals surface area contributed by atoms with Crippen molar-refractivity contribution in [3.05, 3.63) is 66.6 Å². The molecule has 1 aliphatic carbocycles. The van der Waals surface area contributed by atoms with E-state index in [9.17, 15) is 9.90 Å². The molecule has 3 rings (SSSR count). The molecule has 3 nitrogen and oxygen atoms in total. The van der Waals surface area contributed by atoms with Gasteiger partial charge in [-0.2, -0.15) is 0 Å². The van der Waals surface area contributed by atoms with Gasteiger partial charge in [-0.05, 0) is 35.6 Å². The van der Waals surface area contributed by atoms with E-state index >= 15 is 0 Å². The molecule has 0 aliphatic heterocycles. The number of hydrogen-bond acceptors (Lipinski definition) is 3. The number of Topliss-reactive ketones (excluding diaryl/α,β-unsaturated/α-hetero) is 1. The van der Waals surface area contributed by atoms with Crippen LogP contribution in [0.4, 0.5) is 0 Å². The van der Waals surface area contributed by atoms with Crippen molar-refractivity contribution in [2.75, 3.05) is 0 Å². The van der Waals surface area contributed by atoms with E-state index < -0.39 is 0 Å². The van der Waals surface area contributed by atoms with Crippen LogP contribution >= 0.6 is 0 Å². The Bertz CT molecular complexity index is 672. The van der Waals surface area contributed by atoms with E-state index in [-0.39, 0.29) is 28.8 Å². The summed E-state index contributed by atoms with van der Waals surface area (Å²) in [4.78, 5) is 12.7. The standard InChI is InChI=1S/C18H18O3/c1-3-18(2)10-14(16(18)12-8-9-21-11-12)17(20)13-6-4-5-7-15(13)19/h3-9,11,14,16,19H,1,10H2,2H3/t14-,16?,18+/m1/s1. The van der Waals surface area contributed by atoms with E-state index in [0.717, 1.165) is 12.0 Å². The number of benzene rings is 1. The number of carbonyl (C=O) groups excluding carboxylic acids is 1. The highest BCUT2D eigenvalue weighted by Crippen LogP contribution is 2.58. The quantitative estimate of drug-likeness (QED) is 0.676. The van der Waals surface area contributed by atoms with Gasteiger partial charge in [0.1, 0.15) is 5.75 Å². The van der Waals surface area contributed by atoms with Gasteiger partial charge in [0.25, 0.3) is 0 Å². The molecule has 2 aromatic rings. The number of ketones is 1. The van der Waals surface area contributed by atoms with Crippen LogP contribution in [-0.2, 0) is 0 Å². The smallest absolute Gasteiger partial charge is 0.170 e. The van der Waals surface area contributed by atoms with E-state index in [1.807, 2.05) is 12.1 Å². The topological polar surface area (TPSA) is 50.4 Å². The molecule has 0 bridgehead atoms. The molecule has 1 N–H and O–H groups in total. The summed E-state index contributed by atoms with van der Waals surface area (Å²) in [7, 11) is 0. The number of phenols is 1. The normalized spacial score (nSPS) is 27.9. The second kappa shape index (κ2) is 4.92. The lowest BCUT2D eigenvalue weighted by Crippen LogP contribution is -2.46. The van der Waals surface area contributed by atoms with Gasteiger partial charge in [0.2, 0.25) is 0 Å². The zero-order valence-corrected chi connectivity index (χ0v) is 12.0. The number of allylic oxidation sites excluding steroid dienone is 1. The van der Waals surface area contributed by atoms with Crippen LogP contribution in [-0.4, -0.2) is 10.9 Å². The van der Waals surface area contributed by atoms with Gasteiger partial charge in [0.05, 0.1) is 18.1 Å². The van der Waals surface area contributed by atoms with Gasteiger partial charge in [0, 0.05) is 11.8 Å². The van der Waals surface area contributed by atoms with Crippen molar-refractivity contribution in [1.82, 2.24) is 0 Å². The summed E-state index contributed by atoms with van der Waals surface area (Å²) in [6.45, 7) is 6.01. The van der Waals surface area contributed by atoms with Crippen molar-refractivity contribution in [2.45, 2.75) is 19.3 Å². The Morgan fingerprint density at radius 1 is 1.43 bits per heavy atom. The Morgan fingerprint density at radius 3 is 2.81 bits per heavy atom. The van der Waals surface area contributed by atoms with Crippen LogP contribution in [0, 0.1) is 11.3 Å². The summed E-state index contributed by atoms with van der Waals surface area (Å²) < 4.78 is 5.17. The van der Waals surface area contributed by atoms with Gasteiger partial charge in [-0.25, -0.2) is 0 Å². The van der Waals surface area contributed by atoms with Crippen molar-refractivity contribution < 1.29 is 14.3 Å². The molecular formula is C18H18O3. The molecule has 1 unspecified atom stereocenters. The molecule has 3 heteroatoms. The first-order valence-electron chi connectivity index (χ1n) is 7.05. The minimum atomic E-state index is -0.154. The third-order valence-corrected chi connectivity index (χ3v) is 4.65. The zero-order chi connectivity index (χ0) is 15.0. The van der Waals surface area contributed by atoms with E-state index in [4.69, 9.17) is 4.42 Å². The first kappa shape index (κ1) is 13.7.